The average Bonchev–Trinajstić information content (AvgIpc) is 2.95. The van der Waals surface area contributed by atoms with E-state index in [0.29, 0.717) is 6.42 Å². The maximum absolute atomic E-state index is 10.5. The molecule has 3 nitrogen and oxygen atoms in total. The second kappa shape index (κ2) is 5.20. The lowest BCUT2D eigenvalue weighted by Gasteiger charge is -2.13. The van der Waals surface area contributed by atoms with Gasteiger partial charge in [0.25, 0.3) is 0 Å². The van der Waals surface area contributed by atoms with Crippen molar-refractivity contribution in [3.05, 3.63) is 65.4 Å². The Hall–Kier alpha value is -2.57. The minimum atomic E-state index is -0.606. The van der Waals surface area contributed by atoms with Crippen LogP contribution in [0.3, 0.4) is 0 Å². The number of hydrogen-bond donors (Lipinski definition) is 2. The number of nitrogens with one attached hydrogen (secondary N) is 1. The Labute approximate surface area is 117 Å². The molecule has 3 heteroatoms. The molecule has 1 atom stereocenters. The van der Waals surface area contributed by atoms with E-state index < -0.39 is 6.10 Å². The summed E-state index contributed by atoms with van der Waals surface area (Å²) in [4.78, 5) is 0. The monoisotopic (exact) mass is 262 g/mol. The highest BCUT2D eigenvalue weighted by molar-refractivity contribution is 5.83. The average molecular weight is 262 g/mol. The van der Waals surface area contributed by atoms with Crippen LogP contribution < -0.4 is 0 Å². The first-order chi connectivity index (χ1) is 9.78. The van der Waals surface area contributed by atoms with Crippen molar-refractivity contribution in [2.24, 2.45) is 0 Å². The number of nitrogens with zero attached hydrogens (tertiary/aromatic N) is 1. The van der Waals surface area contributed by atoms with Crippen molar-refractivity contribution in [3.63, 3.8) is 0 Å². The maximum Gasteiger partial charge on any atom is 0.0837 e. The molecule has 0 saturated carbocycles. The van der Waals surface area contributed by atoms with E-state index in [-0.39, 0.29) is 0 Å². The second-order valence-corrected chi connectivity index (χ2v) is 4.75. The van der Waals surface area contributed by atoms with Crippen LogP contribution in [0, 0.1) is 12.3 Å². The summed E-state index contributed by atoms with van der Waals surface area (Å²) >= 11 is 0. The molecule has 1 heterocycles. The van der Waals surface area contributed by atoms with E-state index in [1.165, 1.54) is 0 Å². The van der Waals surface area contributed by atoms with Crippen molar-refractivity contribution in [2.45, 2.75) is 12.5 Å². The van der Waals surface area contributed by atoms with E-state index in [1.54, 1.807) is 6.20 Å². The highest BCUT2D eigenvalue weighted by atomic mass is 16.3. The van der Waals surface area contributed by atoms with Crippen LogP contribution in [-0.4, -0.2) is 15.3 Å². The summed E-state index contributed by atoms with van der Waals surface area (Å²) in [6.07, 6.45) is 7.13. The first kappa shape index (κ1) is 12.5. The van der Waals surface area contributed by atoms with Crippen molar-refractivity contribution in [1.29, 1.82) is 0 Å². The molecule has 0 bridgehead atoms. The van der Waals surface area contributed by atoms with E-state index in [9.17, 15) is 5.11 Å². The number of aliphatic hydroxyl groups is 1. The van der Waals surface area contributed by atoms with Crippen LogP contribution in [0.25, 0.3) is 10.9 Å². The molecule has 2 N–H and O–H groups in total. The summed E-state index contributed by atoms with van der Waals surface area (Å²) in [6.45, 7) is 0. The predicted molar refractivity (Wildman–Crippen MR) is 79.1 cm³/mol. The third kappa shape index (κ3) is 2.29. The number of H-pyrrole nitrogens is 1. The Morgan fingerprint density at radius 3 is 2.80 bits per heavy atom. The third-order valence-electron chi connectivity index (χ3n) is 3.39. The molecule has 2 aromatic carbocycles. The fraction of sp³-hybridized carbons (Fsp3) is 0.118. The highest BCUT2D eigenvalue weighted by Gasteiger charge is 2.14. The summed E-state index contributed by atoms with van der Waals surface area (Å²) in [6, 6.07) is 13.6. The molecule has 3 aromatic rings. The van der Waals surface area contributed by atoms with Gasteiger partial charge in [-0.25, -0.2) is 0 Å². The van der Waals surface area contributed by atoms with Gasteiger partial charge in [0.05, 0.1) is 17.8 Å². The van der Waals surface area contributed by atoms with E-state index in [1.807, 2.05) is 42.5 Å². The predicted octanol–water partition coefficient (Wildman–Crippen LogP) is 2.82. The van der Waals surface area contributed by atoms with Gasteiger partial charge in [0.1, 0.15) is 0 Å². The number of aromatic amines is 1. The van der Waals surface area contributed by atoms with E-state index in [2.05, 4.69) is 16.1 Å². The SMILES string of the molecule is C#Cc1cc(C(O)Cc2ccccc2)c2cn[nH]c2c1. The standard InChI is InChI=1S/C17H14N2O/c1-2-12-8-14(15-11-18-19-16(15)9-12)17(20)10-13-6-4-3-5-7-13/h1,3-9,11,17,20H,10H2,(H,18,19). The first-order valence-electron chi connectivity index (χ1n) is 6.43. The number of benzene rings is 2. The molecule has 0 saturated heterocycles. The van der Waals surface area contributed by atoms with Gasteiger partial charge in [0.15, 0.2) is 0 Å². The minimum Gasteiger partial charge on any atom is -0.388 e. The van der Waals surface area contributed by atoms with Crippen LogP contribution in [-0.2, 0) is 6.42 Å². The van der Waals surface area contributed by atoms with Crippen molar-refractivity contribution in [2.75, 3.05) is 0 Å². The van der Waals surface area contributed by atoms with Crippen LogP contribution in [0.2, 0.25) is 0 Å². The summed E-state index contributed by atoms with van der Waals surface area (Å²) < 4.78 is 0. The molecule has 0 fully saturated rings. The van der Waals surface area contributed by atoms with Crippen LogP contribution in [0.5, 0.6) is 0 Å². The third-order valence-corrected chi connectivity index (χ3v) is 3.39. The molecule has 98 valence electrons. The zero-order valence-corrected chi connectivity index (χ0v) is 10.9. The lowest BCUT2D eigenvalue weighted by molar-refractivity contribution is 0.180. The normalized spacial score (nSPS) is 12.2. The van der Waals surface area contributed by atoms with Crippen LogP contribution in [0.1, 0.15) is 22.8 Å². The molecule has 0 spiro atoms. The number of fused-ring (bicyclic) bond motifs is 1. The minimum absolute atomic E-state index is 0.551. The summed E-state index contributed by atoms with van der Waals surface area (Å²) in [5.74, 6) is 2.61. The van der Waals surface area contributed by atoms with Crippen molar-refractivity contribution < 1.29 is 5.11 Å². The molecule has 0 amide bonds. The molecular weight excluding hydrogens is 248 g/mol. The number of aromatic nitrogens is 2. The Bertz CT molecular complexity index is 769. The topological polar surface area (TPSA) is 48.9 Å². The van der Waals surface area contributed by atoms with E-state index >= 15 is 0 Å². The maximum atomic E-state index is 10.5. The molecule has 1 aromatic heterocycles. The lowest BCUT2D eigenvalue weighted by Crippen LogP contribution is -2.02. The van der Waals surface area contributed by atoms with Gasteiger partial charge in [-0.2, -0.15) is 5.10 Å². The number of terminal acetylenes is 1. The lowest BCUT2D eigenvalue weighted by atomic mass is 9.97. The molecule has 0 aliphatic carbocycles. The zero-order chi connectivity index (χ0) is 13.9. The molecule has 20 heavy (non-hydrogen) atoms. The van der Waals surface area contributed by atoms with Crippen molar-refractivity contribution in [3.8, 4) is 12.3 Å². The fourth-order valence-electron chi connectivity index (χ4n) is 2.38. The quantitative estimate of drug-likeness (QED) is 0.713. The smallest absolute Gasteiger partial charge is 0.0837 e. The van der Waals surface area contributed by atoms with Crippen LogP contribution in [0.15, 0.2) is 48.7 Å². The van der Waals surface area contributed by atoms with Gasteiger partial charge < -0.3 is 5.11 Å². The van der Waals surface area contributed by atoms with Crippen molar-refractivity contribution >= 4 is 10.9 Å². The molecular formula is C17H14N2O. The van der Waals surface area contributed by atoms with Crippen LogP contribution >= 0.6 is 0 Å². The number of aliphatic hydroxyl groups excluding tert-OH is 1. The van der Waals surface area contributed by atoms with Gasteiger partial charge in [0.2, 0.25) is 0 Å². The summed E-state index contributed by atoms with van der Waals surface area (Å²) in [5, 5.41) is 18.3. The largest absolute Gasteiger partial charge is 0.388 e. The van der Waals surface area contributed by atoms with Gasteiger partial charge in [0, 0.05) is 17.4 Å². The van der Waals surface area contributed by atoms with E-state index in [0.717, 1.165) is 27.6 Å². The Morgan fingerprint density at radius 1 is 1.25 bits per heavy atom. The Kier molecular flexibility index (Phi) is 3.24. The zero-order valence-electron chi connectivity index (χ0n) is 10.9. The van der Waals surface area contributed by atoms with Gasteiger partial charge >= 0.3 is 0 Å². The summed E-state index contributed by atoms with van der Waals surface area (Å²) in [7, 11) is 0. The fourth-order valence-corrected chi connectivity index (χ4v) is 2.38. The van der Waals surface area contributed by atoms with E-state index in [4.69, 9.17) is 6.42 Å². The molecule has 3 rings (SSSR count). The number of rotatable bonds is 3. The van der Waals surface area contributed by atoms with Crippen LogP contribution in [0.4, 0.5) is 0 Å². The number of hydrogen-bond acceptors (Lipinski definition) is 2. The molecule has 0 aliphatic rings. The Morgan fingerprint density at radius 2 is 2.05 bits per heavy atom. The second-order valence-electron chi connectivity index (χ2n) is 4.75. The van der Waals surface area contributed by atoms with Gasteiger partial charge in [-0.3, -0.25) is 5.10 Å². The molecule has 0 radical (unpaired) electrons. The Balaban J connectivity index is 2.00. The highest BCUT2D eigenvalue weighted by Crippen LogP contribution is 2.27. The first-order valence-corrected chi connectivity index (χ1v) is 6.43. The summed E-state index contributed by atoms with van der Waals surface area (Å²) in [5.41, 5.74) is 3.49. The van der Waals surface area contributed by atoms with Gasteiger partial charge in [-0.15, -0.1) is 6.42 Å². The van der Waals surface area contributed by atoms with Gasteiger partial charge in [-0.1, -0.05) is 36.3 Å². The van der Waals surface area contributed by atoms with Crippen molar-refractivity contribution in [1.82, 2.24) is 10.2 Å². The molecule has 0 aliphatic heterocycles. The van der Waals surface area contributed by atoms with Gasteiger partial charge in [-0.05, 0) is 23.3 Å². The molecule has 1 unspecified atom stereocenters.